The number of hydrogen-bond acceptors (Lipinski definition) is 7. The quantitative estimate of drug-likeness (QED) is 0.366. The van der Waals surface area contributed by atoms with Crippen LogP contribution >= 0.6 is 23.2 Å². The van der Waals surface area contributed by atoms with Crippen molar-refractivity contribution in [3.05, 3.63) is 64.3 Å². The molecule has 3 aromatic rings. The van der Waals surface area contributed by atoms with Crippen LogP contribution in [0.25, 0.3) is 0 Å². The van der Waals surface area contributed by atoms with Gasteiger partial charge in [0.25, 0.3) is 5.91 Å². The molecule has 0 bridgehead atoms. The average Bonchev–Trinajstić information content (AvgIpc) is 3.27. The van der Waals surface area contributed by atoms with E-state index < -0.39 is 12.2 Å². The number of carbonyl (C=O) groups is 1. The molecule has 0 spiro atoms. The fourth-order valence-corrected chi connectivity index (χ4v) is 4.58. The second-order valence-corrected chi connectivity index (χ2v) is 10.4. The number of hydrogen-bond donors (Lipinski definition) is 0. The highest BCUT2D eigenvalue weighted by molar-refractivity contribution is 6.30. The van der Waals surface area contributed by atoms with Crippen molar-refractivity contribution in [1.82, 2.24) is 10.1 Å². The third-order valence-electron chi connectivity index (χ3n) is 5.75. The van der Waals surface area contributed by atoms with E-state index in [0.29, 0.717) is 40.1 Å². The van der Waals surface area contributed by atoms with Crippen molar-refractivity contribution in [3.63, 3.8) is 0 Å². The van der Waals surface area contributed by atoms with Crippen LogP contribution in [-0.4, -0.2) is 42.9 Å². The smallest absolute Gasteiger partial charge is 0.256 e. The van der Waals surface area contributed by atoms with Crippen molar-refractivity contribution in [1.29, 1.82) is 0 Å². The first kappa shape index (κ1) is 26.3. The molecular formula is C26H29Cl2N3O5. The number of amides is 1. The molecular weight excluding hydrogens is 505 g/mol. The van der Waals surface area contributed by atoms with Gasteiger partial charge in [-0.2, -0.15) is 4.98 Å². The number of fused-ring (bicyclic) bond motifs is 1. The predicted molar refractivity (Wildman–Crippen MR) is 137 cm³/mol. The van der Waals surface area contributed by atoms with Crippen LogP contribution in [0.4, 0.5) is 5.69 Å². The van der Waals surface area contributed by atoms with E-state index in [4.69, 9.17) is 41.9 Å². The molecule has 2 atom stereocenters. The summed E-state index contributed by atoms with van der Waals surface area (Å²) in [6.45, 7) is 6.68. The molecule has 4 rings (SSSR count). The Morgan fingerprint density at radius 1 is 1.11 bits per heavy atom. The molecule has 0 radical (unpaired) electrons. The fraction of sp³-hybridized carbons (Fsp3) is 0.423. The van der Waals surface area contributed by atoms with Gasteiger partial charge in [-0.15, -0.1) is 11.6 Å². The average molecular weight is 534 g/mol. The summed E-state index contributed by atoms with van der Waals surface area (Å²) in [5.41, 5.74) is 1.96. The molecule has 0 N–H and O–H groups in total. The summed E-state index contributed by atoms with van der Waals surface area (Å²) in [6.07, 6.45) is -1.51. The van der Waals surface area contributed by atoms with Gasteiger partial charge >= 0.3 is 0 Å². The predicted octanol–water partition coefficient (Wildman–Crippen LogP) is 5.59. The molecule has 0 saturated carbocycles. The number of carbonyl (C=O) groups excluding carboxylic acids is 1. The van der Waals surface area contributed by atoms with Gasteiger partial charge in [0.1, 0.15) is 18.1 Å². The SMILES string of the molecule is COc1cccc([C@H]2O[C@H](Cc3noc(CCl)n3)C(=O)N(CC(C)(C)C)c3ccc(Cl)cc32)c1OC. The van der Waals surface area contributed by atoms with Crippen molar-refractivity contribution in [2.24, 2.45) is 5.41 Å². The first-order chi connectivity index (χ1) is 17.1. The Morgan fingerprint density at radius 2 is 1.89 bits per heavy atom. The summed E-state index contributed by atoms with van der Waals surface area (Å²) in [5, 5.41) is 4.50. The van der Waals surface area contributed by atoms with E-state index in [0.717, 1.165) is 5.56 Å². The van der Waals surface area contributed by atoms with E-state index in [1.807, 2.05) is 24.3 Å². The van der Waals surface area contributed by atoms with Crippen molar-refractivity contribution >= 4 is 34.8 Å². The number of nitrogens with zero attached hydrogens (tertiary/aromatic N) is 3. The number of para-hydroxylation sites is 1. The Bertz CT molecular complexity index is 1240. The van der Waals surface area contributed by atoms with Gasteiger partial charge in [0.05, 0.1) is 14.2 Å². The Balaban J connectivity index is 1.89. The van der Waals surface area contributed by atoms with E-state index in [-0.39, 0.29) is 29.5 Å². The zero-order valence-corrected chi connectivity index (χ0v) is 22.4. The monoisotopic (exact) mass is 533 g/mol. The first-order valence-electron chi connectivity index (χ1n) is 11.5. The summed E-state index contributed by atoms with van der Waals surface area (Å²) in [4.78, 5) is 20.0. The maximum Gasteiger partial charge on any atom is 0.256 e. The molecule has 1 amide bonds. The molecule has 2 heterocycles. The largest absolute Gasteiger partial charge is 0.493 e. The molecule has 10 heteroatoms. The zero-order chi connectivity index (χ0) is 26.0. The number of methoxy groups -OCH3 is 2. The van der Waals surface area contributed by atoms with E-state index in [2.05, 4.69) is 30.9 Å². The maximum atomic E-state index is 14.0. The highest BCUT2D eigenvalue weighted by atomic mass is 35.5. The van der Waals surface area contributed by atoms with Gasteiger partial charge in [-0.1, -0.05) is 49.7 Å². The first-order valence-corrected chi connectivity index (χ1v) is 12.4. The van der Waals surface area contributed by atoms with Crippen molar-refractivity contribution in [2.45, 2.75) is 45.3 Å². The Labute approximate surface area is 220 Å². The Kier molecular flexibility index (Phi) is 7.78. The lowest BCUT2D eigenvalue weighted by molar-refractivity contribution is -0.132. The van der Waals surface area contributed by atoms with Crippen LogP contribution in [0.2, 0.25) is 5.02 Å². The molecule has 0 fully saturated rings. The third kappa shape index (κ3) is 5.45. The van der Waals surface area contributed by atoms with Gasteiger partial charge in [-0.05, 0) is 29.7 Å². The number of rotatable bonds is 7. The standard InChI is InChI=1S/C26H29Cl2N3O5/c1-26(2,3)14-31-18-10-9-15(28)11-17(18)23(16-7-6-8-19(33-4)24(16)34-5)35-20(25(31)32)12-21-29-22(13-27)36-30-21/h6-11,20,23H,12-14H2,1-5H3/t20-,23-/m1/s1. The van der Waals surface area contributed by atoms with Gasteiger partial charge < -0.3 is 23.6 Å². The molecule has 0 unspecified atom stereocenters. The molecule has 1 aliphatic heterocycles. The minimum atomic E-state index is -0.916. The molecule has 0 aliphatic carbocycles. The molecule has 8 nitrogen and oxygen atoms in total. The summed E-state index contributed by atoms with van der Waals surface area (Å²) in [5.74, 6) is 1.53. The number of benzene rings is 2. The van der Waals surface area contributed by atoms with Crippen LogP contribution in [-0.2, 0) is 21.8 Å². The number of aromatic nitrogens is 2. The number of ether oxygens (including phenoxy) is 3. The van der Waals surface area contributed by atoms with E-state index >= 15 is 0 Å². The highest BCUT2D eigenvalue weighted by Crippen LogP contribution is 2.45. The Hall–Kier alpha value is -2.81. The van der Waals surface area contributed by atoms with Crippen molar-refractivity contribution in [2.75, 3.05) is 25.7 Å². The van der Waals surface area contributed by atoms with E-state index in [1.54, 1.807) is 31.3 Å². The second kappa shape index (κ2) is 10.7. The van der Waals surface area contributed by atoms with Crippen LogP contribution in [0.3, 0.4) is 0 Å². The lowest BCUT2D eigenvalue weighted by atomic mass is 9.94. The van der Waals surface area contributed by atoms with Gasteiger partial charge in [0, 0.05) is 34.8 Å². The molecule has 1 aliphatic rings. The van der Waals surface area contributed by atoms with Crippen LogP contribution < -0.4 is 14.4 Å². The number of anilines is 1. The van der Waals surface area contributed by atoms with Gasteiger partial charge in [-0.3, -0.25) is 4.79 Å². The molecule has 1 aromatic heterocycles. The summed E-state index contributed by atoms with van der Waals surface area (Å²) >= 11 is 12.3. The molecule has 2 aromatic carbocycles. The second-order valence-electron chi connectivity index (χ2n) is 9.72. The lowest BCUT2D eigenvalue weighted by Gasteiger charge is -2.31. The fourth-order valence-electron chi connectivity index (χ4n) is 4.29. The molecule has 0 saturated heterocycles. The zero-order valence-electron chi connectivity index (χ0n) is 20.9. The van der Waals surface area contributed by atoms with Gasteiger partial charge in [0.15, 0.2) is 17.3 Å². The van der Waals surface area contributed by atoms with Crippen LogP contribution in [0.15, 0.2) is 40.9 Å². The van der Waals surface area contributed by atoms with E-state index in [1.165, 1.54) is 0 Å². The summed E-state index contributed by atoms with van der Waals surface area (Å²) < 4.78 is 23.0. The Morgan fingerprint density at radius 3 is 2.53 bits per heavy atom. The van der Waals surface area contributed by atoms with Gasteiger partial charge in [0.2, 0.25) is 5.89 Å². The normalized spacial score (nSPS) is 18.1. The summed E-state index contributed by atoms with van der Waals surface area (Å²) in [7, 11) is 3.14. The minimum absolute atomic E-state index is 0.0796. The topological polar surface area (TPSA) is 86.9 Å². The van der Waals surface area contributed by atoms with E-state index in [9.17, 15) is 4.79 Å². The van der Waals surface area contributed by atoms with Gasteiger partial charge in [-0.25, -0.2) is 0 Å². The number of halogens is 2. The maximum absolute atomic E-state index is 14.0. The van der Waals surface area contributed by atoms with Crippen LogP contribution in [0.1, 0.15) is 49.7 Å². The van der Waals surface area contributed by atoms with Crippen LogP contribution in [0, 0.1) is 5.41 Å². The highest BCUT2D eigenvalue weighted by Gasteiger charge is 2.40. The van der Waals surface area contributed by atoms with Crippen LogP contribution in [0.5, 0.6) is 11.5 Å². The third-order valence-corrected chi connectivity index (χ3v) is 6.21. The summed E-state index contributed by atoms with van der Waals surface area (Å²) in [6, 6.07) is 11.0. The number of alkyl halides is 1. The lowest BCUT2D eigenvalue weighted by Crippen LogP contribution is -2.44. The van der Waals surface area contributed by atoms with Crippen molar-refractivity contribution in [3.8, 4) is 11.5 Å². The molecule has 192 valence electrons. The van der Waals surface area contributed by atoms with Crippen molar-refractivity contribution < 1.29 is 23.5 Å². The minimum Gasteiger partial charge on any atom is -0.493 e. The molecule has 36 heavy (non-hydrogen) atoms.